The van der Waals surface area contributed by atoms with Gasteiger partial charge in [-0.2, -0.15) is 0 Å². The summed E-state index contributed by atoms with van der Waals surface area (Å²) in [5.41, 5.74) is 1.17. The molecule has 1 aromatic carbocycles. The van der Waals surface area contributed by atoms with Gasteiger partial charge in [0.15, 0.2) is 0 Å². The molecule has 1 atom stereocenters. The van der Waals surface area contributed by atoms with Crippen LogP contribution < -0.4 is 10.1 Å². The van der Waals surface area contributed by atoms with Crippen LogP contribution in [0.2, 0.25) is 0 Å². The SMILES string of the molecule is COc1cccc(CCNC(=O)CN2CCN(C)C[C@@H]2C)c1. The third-order valence-electron chi connectivity index (χ3n) is 4.18. The molecule has 0 aromatic heterocycles. The van der Waals surface area contributed by atoms with Gasteiger partial charge < -0.3 is 15.0 Å². The maximum Gasteiger partial charge on any atom is 0.234 e. The van der Waals surface area contributed by atoms with Gasteiger partial charge in [0.2, 0.25) is 5.91 Å². The highest BCUT2D eigenvalue weighted by Gasteiger charge is 2.22. The van der Waals surface area contributed by atoms with E-state index in [1.54, 1.807) is 7.11 Å². The lowest BCUT2D eigenvalue weighted by Gasteiger charge is -2.37. The van der Waals surface area contributed by atoms with Crippen molar-refractivity contribution >= 4 is 5.91 Å². The summed E-state index contributed by atoms with van der Waals surface area (Å²) < 4.78 is 5.21. The number of rotatable bonds is 6. The molecule has 1 aliphatic rings. The van der Waals surface area contributed by atoms with Gasteiger partial charge in [0.25, 0.3) is 0 Å². The smallest absolute Gasteiger partial charge is 0.234 e. The standard InChI is InChI=1S/C17H27N3O2/c1-14-12-19(2)9-10-20(14)13-17(21)18-8-7-15-5-4-6-16(11-15)22-3/h4-6,11,14H,7-10,12-13H2,1-3H3,(H,18,21)/t14-/m0/s1. The highest BCUT2D eigenvalue weighted by Crippen LogP contribution is 2.12. The largest absolute Gasteiger partial charge is 0.497 e. The molecule has 1 amide bonds. The van der Waals surface area contributed by atoms with Crippen molar-refractivity contribution in [3.8, 4) is 5.75 Å². The second-order valence-corrected chi connectivity index (χ2v) is 6.03. The fourth-order valence-electron chi connectivity index (χ4n) is 2.83. The Hall–Kier alpha value is -1.59. The van der Waals surface area contributed by atoms with Crippen molar-refractivity contribution in [1.29, 1.82) is 0 Å². The van der Waals surface area contributed by atoms with Gasteiger partial charge in [0, 0.05) is 32.2 Å². The molecule has 2 rings (SSSR count). The Kier molecular flexibility index (Phi) is 6.21. The lowest BCUT2D eigenvalue weighted by molar-refractivity contribution is -0.123. The van der Waals surface area contributed by atoms with E-state index < -0.39 is 0 Å². The zero-order chi connectivity index (χ0) is 15.9. The van der Waals surface area contributed by atoms with Crippen molar-refractivity contribution < 1.29 is 9.53 Å². The van der Waals surface area contributed by atoms with Gasteiger partial charge in [-0.15, -0.1) is 0 Å². The number of hydrogen-bond donors (Lipinski definition) is 1. The first-order chi connectivity index (χ1) is 10.6. The zero-order valence-corrected chi connectivity index (χ0v) is 13.8. The summed E-state index contributed by atoms with van der Waals surface area (Å²) in [4.78, 5) is 16.6. The molecule has 0 aliphatic carbocycles. The van der Waals surface area contributed by atoms with Crippen LogP contribution in [0.15, 0.2) is 24.3 Å². The summed E-state index contributed by atoms with van der Waals surface area (Å²) in [5, 5.41) is 3.01. The predicted molar refractivity (Wildman–Crippen MR) is 88.2 cm³/mol. The van der Waals surface area contributed by atoms with Crippen molar-refractivity contribution in [2.45, 2.75) is 19.4 Å². The fraction of sp³-hybridized carbons (Fsp3) is 0.588. The van der Waals surface area contributed by atoms with E-state index >= 15 is 0 Å². The van der Waals surface area contributed by atoms with E-state index in [4.69, 9.17) is 4.74 Å². The normalized spacial score (nSPS) is 19.9. The third-order valence-corrected chi connectivity index (χ3v) is 4.18. The van der Waals surface area contributed by atoms with Gasteiger partial charge in [-0.25, -0.2) is 0 Å². The number of carbonyl (C=O) groups is 1. The molecule has 0 unspecified atom stereocenters. The second-order valence-electron chi connectivity index (χ2n) is 6.03. The monoisotopic (exact) mass is 305 g/mol. The minimum absolute atomic E-state index is 0.110. The molecule has 1 heterocycles. The number of piperazine rings is 1. The third kappa shape index (κ3) is 5.00. The van der Waals surface area contributed by atoms with Crippen molar-refractivity contribution in [2.75, 3.05) is 46.9 Å². The Bertz CT molecular complexity index is 493. The first-order valence-corrected chi connectivity index (χ1v) is 7.90. The summed E-state index contributed by atoms with van der Waals surface area (Å²) in [6.07, 6.45) is 0.821. The highest BCUT2D eigenvalue weighted by molar-refractivity contribution is 5.78. The Morgan fingerprint density at radius 3 is 2.95 bits per heavy atom. The van der Waals surface area contributed by atoms with Crippen molar-refractivity contribution in [3.05, 3.63) is 29.8 Å². The maximum atomic E-state index is 12.1. The molecule has 0 radical (unpaired) electrons. The zero-order valence-electron chi connectivity index (χ0n) is 13.8. The molecular weight excluding hydrogens is 278 g/mol. The van der Waals surface area contributed by atoms with Crippen LogP contribution in [-0.4, -0.2) is 68.6 Å². The van der Waals surface area contributed by atoms with Gasteiger partial charge in [-0.3, -0.25) is 9.69 Å². The number of carbonyl (C=O) groups excluding carboxylic acids is 1. The molecule has 22 heavy (non-hydrogen) atoms. The van der Waals surface area contributed by atoms with Gasteiger partial charge in [0.1, 0.15) is 5.75 Å². The van der Waals surface area contributed by atoms with Gasteiger partial charge in [0.05, 0.1) is 13.7 Å². The van der Waals surface area contributed by atoms with Crippen LogP contribution in [0.5, 0.6) is 5.75 Å². The number of hydrogen-bond acceptors (Lipinski definition) is 4. The first kappa shape index (κ1) is 16.8. The van der Waals surface area contributed by atoms with Crippen molar-refractivity contribution in [3.63, 3.8) is 0 Å². The Morgan fingerprint density at radius 1 is 1.41 bits per heavy atom. The highest BCUT2D eigenvalue weighted by atomic mass is 16.5. The summed E-state index contributed by atoms with van der Waals surface area (Å²) in [6, 6.07) is 8.40. The van der Waals surface area contributed by atoms with Crippen molar-refractivity contribution in [2.24, 2.45) is 0 Å². The summed E-state index contributed by atoms with van der Waals surface area (Å²) in [5.74, 6) is 0.967. The number of methoxy groups -OCH3 is 1. The van der Waals surface area contributed by atoms with Gasteiger partial charge >= 0.3 is 0 Å². The molecule has 1 saturated heterocycles. The van der Waals surface area contributed by atoms with Crippen LogP contribution in [0.4, 0.5) is 0 Å². The van der Waals surface area contributed by atoms with Crippen LogP contribution in [0, 0.1) is 0 Å². The number of nitrogens with zero attached hydrogens (tertiary/aromatic N) is 2. The van der Waals surface area contributed by atoms with E-state index in [9.17, 15) is 4.79 Å². The van der Waals surface area contributed by atoms with Gasteiger partial charge in [-0.1, -0.05) is 12.1 Å². The van der Waals surface area contributed by atoms with Crippen LogP contribution >= 0.6 is 0 Å². The van der Waals surface area contributed by atoms with E-state index in [-0.39, 0.29) is 5.91 Å². The average molecular weight is 305 g/mol. The Labute approximate surface area is 133 Å². The van der Waals surface area contributed by atoms with E-state index in [0.717, 1.165) is 31.8 Å². The van der Waals surface area contributed by atoms with Gasteiger partial charge in [-0.05, 0) is 38.1 Å². The predicted octanol–water partition coefficient (Wildman–Crippen LogP) is 0.990. The minimum Gasteiger partial charge on any atom is -0.497 e. The van der Waals surface area contributed by atoms with E-state index in [1.165, 1.54) is 5.56 Å². The molecule has 5 nitrogen and oxygen atoms in total. The number of benzene rings is 1. The van der Waals surface area contributed by atoms with Crippen LogP contribution in [0.25, 0.3) is 0 Å². The molecule has 0 bridgehead atoms. The number of amides is 1. The first-order valence-electron chi connectivity index (χ1n) is 7.90. The lowest BCUT2D eigenvalue weighted by atomic mass is 10.1. The quantitative estimate of drug-likeness (QED) is 0.851. The fourth-order valence-corrected chi connectivity index (χ4v) is 2.83. The lowest BCUT2D eigenvalue weighted by Crippen LogP contribution is -2.53. The molecular formula is C17H27N3O2. The molecule has 5 heteroatoms. The maximum absolute atomic E-state index is 12.1. The molecule has 0 spiro atoms. The molecule has 1 N–H and O–H groups in total. The number of ether oxygens (including phenoxy) is 1. The summed E-state index contributed by atoms with van der Waals surface area (Å²) in [7, 11) is 3.79. The van der Waals surface area contributed by atoms with Crippen LogP contribution in [0.1, 0.15) is 12.5 Å². The van der Waals surface area contributed by atoms with Crippen molar-refractivity contribution in [1.82, 2.24) is 15.1 Å². The average Bonchev–Trinajstić information content (AvgIpc) is 2.50. The molecule has 1 fully saturated rings. The van der Waals surface area contributed by atoms with E-state index in [2.05, 4.69) is 35.2 Å². The Balaban J connectivity index is 1.71. The Morgan fingerprint density at radius 2 is 2.23 bits per heavy atom. The van der Waals surface area contributed by atoms with Crippen LogP contribution in [0.3, 0.4) is 0 Å². The summed E-state index contributed by atoms with van der Waals surface area (Å²) >= 11 is 0. The van der Waals surface area contributed by atoms with E-state index in [1.807, 2.05) is 18.2 Å². The van der Waals surface area contributed by atoms with Crippen LogP contribution in [-0.2, 0) is 11.2 Å². The number of likely N-dealkylation sites (N-methyl/N-ethyl adjacent to an activating group) is 1. The second kappa shape index (κ2) is 8.15. The van der Waals surface area contributed by atoms with E-state index in [0.29, 0.717) is 19.1 Å². The number of nitrogens with one attached hydrogen (secondary N) is 1. The summed E-state index contributed by atoms with van der Waals surface area (Å²) in [6.45, 7) is 6.35. The molecule has 122 valence electrons. The molecule has 0 saturated carbocycles. The minimum atomic E-state index is 0.110. The molecule has 1 aromatic rings. The topological polar surface area (TPSA) is 44.8 Å². The molecule has 1 aliphatic heterocycles.